The van der Waals surface area contributed by atoms with E-state index < -0.39 is 23.8 Å². The molecular formula is C17H25FN2O3. The maximum absolute atomic E-state index is 13.1. The fourth-order valence-corrected chi connectivity index (χ4v) is 2.44. The first kappa shape index (κ1) is 19.1. The Labute approximate surface area is 135 Å². The molecule has 0 bridgehead atoms. The van der Waals surface area contributed by atoms with Crippen molar-refractivity contribution in [1.82, 2.24) is 0 Å². The second-order valence-corrected chi connectivity index (χ2v) is 6.04. The first-order chi connectivity index (χ1) is 10.8. The van der Waals surface area contributed by atoms with Gasteiger partial charge in [0.15, 0.2) is 0 Å². The molecule has 0 saturated heterocycles. The Kier molecular flexibility index (Phi) is 7.68. The average molecular weight is 324 g/mol. The van der Waals surface area contributed by atoms with E-state index in [0.29, 0.717) is 25.7 Å². The Hall–Kier alpha value is -1.95. The lowest BCUT2D eigenvalue weighted by Crippen LogP contribution is -2.29. The first-order valence-corrected chi connectivity index (χ1v) is 7.80. The number of hydrogen-bond acceptors (Lipinski definition) is 3. The van der Waals surface area contributed by atoms with Gasteiger partial charge in [0.1, 0.15) is 5.82 Å². The molecule has 23 heavy (non-hydrogen) atoms. The van der Waals surface area contributed by atoms with E-state index >= 15 is 0 Å². The van der Waals surface area contributed by atoms with Gasteiger partial charge in [-0.3, -0.25) is 9.59 Å². The van der Waals surface area contributed by atoms with Crippen molar-refractivity contribution >= 4 is 11.8 Å². The standard InChI is InChI=1S/C17H25FN2O3/c1-11(16(19)22)5-7-13(17(20)23)10-15(21)8-6-12-3-2-4-14(18)9-12/h2-4,9,11,13,15,21H,5-8,10H2,1H3,(H2,19,22)(H2,20,23)/t11?,13-,15+/m1/s1. The fourth-order valence-electron chi connectivity index (χ4n) is 2.44. The summed E-state index contributed by atoms with van der Waals surface area (Å²) in [6, 6.07) is 6.19. The molecule has 1 aromatic rings. The van der Waals surface area contributed by atoms with Gasteiger partial charge in [0, 0.05) is 11.8 Å². The molecule has 0 aliphatic carbocycles. The monoisotopic (exact) mass is 324 g/mol. The van der Waals surface area contributed by atoms with Crippen LogP contribution in [-0.4, -0.2) is 23.0 Å². The number of aryl methyl sites for hydroxylation is 1. The lowest BCUT2D eigenvalue weighted by Gasteiger charge is -2.18. The molecule has 0 aromatic heterocycles. The number of carbonyl (C=O) groups excluding carboxylic acids is 2. The maximum atomic E-state index is 13.1. The van der Waals surface area contributed by atoms with Crippen LogP contribution in [0.4, 0.5) is 4.39 Å². The number of carbonyl (C=O) groups is 2. The largest absolute Gasteiger partial charge is 0.393 e. The minimum Gasteiger partial charge on any atom is -0.393 e. The second-order valence-electron chi connectivity index (χ2n) is 6.04. The summed E-state index contributed by atoms with van der Waals surface area (Å²) in [5.74, 6) is -2.06. The number of amides is 2. The number of benzene rings is 1. The molecule has 0 saturated carbocycles. The highest BCUT2D eigenvalue weighted by atomic mass is 19.1. The maximum Gasteiger partial charge on any atom is 0.220 e. The lowest BCUT2D eigenvalue weighted by atomic mass is 9.90. The normalized spacial score (nSPS) is 14.9. The van der Waals surface area contributed by atoms with E-state index in [9.17, 15) is 19.1 Å². The molecule has 5 nitrogen and oxygen atoms in total. The Morgan fingerprint density at radius 3 is 2.43 bits per heavy atom. The van der Waals surface area contributed by atoms with Crippen LogP contribution in [0.25, 0.3) is 0 Å². The number of aliphatic hydroxyl groups excluding tert-OH is 1. The van der Waals surface area contributed by atoms with E-state index in [1.807, 2.05) is 0 Å². The van der Waals surface area contributed by atoms with E-state index in [0.717, 1.165) is 5.56 Å². The minimum absolute atomic E-state index is 0.232. The minimum atomic E-state index is -0.709. The molecule has 0 aliphatic heterocycles. The summed E-state index contributed by atoms with van der Waals surface area (Å²) < 4.78 is 13.1. The zero-order valence-corrected chi connectivity index (χ0v) is 13.4. The molecule has 1 aromatic carbocycles. The number of halogens is 1. The van der Waals surface area contributed by atoms with E-state index in [1.165, 1.54) is 12.1 Å². The van der Waals surface area contributed by atoms with Crippen LogP contribution in [0.5, 0.6) is 0 Å². The smallest absolute Gasteiger partial charge is 0.220 e. The van der Waals surface area contributed by atoms with Crippen LogP contribution in [-0.2, 0) is 16.0 Å². The van der Waals surface area contributed by atoms with E-state index in [-0.39, 0.29) is 18.2 Å². The highest BCUT2D eigenvalue weighted by Crippen LogP contribution is 2.19. The molecule has 0 aliphatic rings. The Morgan fingerprint density at radius 2 is 1.87 bits per heavy atom. The SMILES string of the molecule is CC(CC[C@H](C[C@@H](O)CCc1cccc(F)c1)C(N)=O)C(N)=O. The van der Waals surface area contributed by atoms with E-state index in [4.69, 9.17) is 11.5 Å². The highest BCUT2D eigenvalue weighted by molar-refractivity contribution is 5.77. The lowest BCUT2D eigenvalue weighted by molar-refractivity contribution is -0.125. The third kappa shape index (κ3) is 7.23. The van der Waals surface area contributed by atoms with Crippen molar-refractivity contribution in [3.05, 3.63) is 35.6 Å². The molecule has 0 fully saturated rings. The molecule has 5 N–H and O–H groups in total. The summed E-state index contributed by atoms with van der Waals surface area (Å²) >= 11 is 0. The Bertz CT molecular complexity index is 536. The molecule has 1 unspecified atom stereocenters. The average Bonchev–Trinajstić information content (AvgIpc) is 2.48. The molecule has 128 valence electrons. The number of hydrogen-bond donors (Lipinski definition) is 3. The zero-order chi connectivity index (χ0) is 17.4. The van der Waals surface area contributed by atoms with Crippen LogP contribution >= 0.6 is 0 Å². The Morgan fingerprint density at radius 1 is 1.17 bits per heavy atom. The van der Waals surface area contributed by atoms with Gasteiger partial charge < -0.3 is 16.6 Å². The fraction of sp³-hybridized carbons (Fsp3) is 0.529. The van der Waals surface area contributed by atoms with Crippen LogP contribution in [0.2, 0.25) is 0 Å². The van der Waals surface area contributed by atoms with Gasteiger partial charge in [0.25, 0.3) is 0 Å². The van der Waals surface area contributed by atoms with Crippen LogP contribution in [0.15, 0.2) is 24.3 Å². The van der Waals surface area contributed by atoms with Crippen molar-refractivity contribution < 1.29 is 19.1 Å². The number of rotatable bonds is 10. The quantitative estimate of drug-likeness (QED) is 0.607. The van der Waals surface area contributed by atoms with E-state index in [2.05, 4.69) is 0 Å². The van der Waals surface area contributed by atoms with Crippen molar-refractivity contribution in [3.8, 4) is 0 Å². The van der Waals surface area contributed by atoms with Crippen molar-refractivity contribution in [3.63, 3.8) is 0 Å². The molecule has 0 heterocycles. The number of primary amides is 2. The molecule has 0 radical (unpaired) electrons. The van der Waals surface area contributed by atoms with Crippen LogP contribution < -0.4 is 11.5 Å². The van der Waals surface area contributed by atoms with Gasteiger partial charge in [-0.05, 0) is 49.8 Å². The van der Waals surface area contributed by atoms with Crippen LogP contribution in [0, 0.1) is 17.7 Å². The summed E-state index contributed by atoms with van der Waals surface area (Å²) in [6.45, 7) is 1.70. The third-order valence-corrected chi connectivity index (χ3v) is 4.05. The molecule has 3 atom stereocenters. The van der Waals surface area contributed by atoms with Gasteiger partial charge in [-0.2, -0.15) is 0 Å². The summed E-state index contributed by atoms with van der Waals surface area (Å²) in [5, 5.41) is 10.1. The summed E-state index contributed by atoms with van der Waals surface area (Å²) in [7, 11) is 0. The van der Waals surface area contributed by atoms with E-state index in [1.54, 1.807) is 19.1 Å². The summed E-state index contributed by atoms with van der Waals surface area (Å²) in [4.78, 5) is 22.5. The Balaban J connectivity index is 2.46. The van der Waals surface area contributed by atoms with Gasteiger partial charge in [-0.1, -0.05) is 19.1 Å². The van der Waals surface area contributed by atoms with Crippen molar-refractivity contribution in [2.45, 2.75) is 45.1 Å². The first-order valence-electron chi connectivity index (χ1n) is 7.80. The van der Waals surface area contributed by atoms with Crippen molar-refractivity contribution in [1.29, 1.82) is 0 Å². The van der Waals surface area contributed by atoms with Gasteiger partial charge >= 0.3 is 0 Å². The summed E-state index contributed by atoms with van der Waals surface area (Å²) in [5.41, 5.74) is 11.3. The molecule has 0 spiro atoms. The topological polar surface area (TPSA) is 106 Å². The van der Waals surface area contributed by atoms with Gasteiger partial charge in [-0.25, -0.2) is 4.39 Å². The third-order valence-electron chi connectivity index (χ3n) is 4.05. The highest BCUT2D eigenvalue weighted by Gasteiger charge is 2.21. The predicted octanol–water partition coefficient (Wildman–Crippen LogP) is 1.51. The van der Waals surface area contributed by atoms with Crippen LogP contribution in [0.1, 0.15) is 38.2 Å². The predicted molar refractivity (Wildman–Crippen MR) is 85.6 cm³/mol. The number of aliphatic hydroxyl groups is 1. The zero-order valence-electron chi connectivity index (χ0n) is 13.4. The van der Waals surface area contributed by atoms with Crippen LogP contribution in [0.3, 0.4) is 0 Å². The van der Waals surface area contributed by atoms with Gasteiger partial charge in [-0.15, -0.1) is 0 Å². The summed E-state index contributed by atoms with van der Waals surface area (Å²) in [6.07, 6.45) is 1.33. The molecular weight excluding hydrogens is 299 g/mol. The van der Waals surface area contributed by atoms with Crippen molar-refractivity contribution in [2.24, 2.45) is 23.3 Å². The van der Waals surface area contributed by atoms with Gasteiger partial charge in [0.05, 0.1) is 6.10 Å². The van der Waals surface area contributed by atoms with Crippen molar-refractivity contribution in [2.75, 3.05) is 0 Å². The second kappa shape index (κ2) is 9.25. The molecule has 1 rings (SSSR count). The molecule has 2 amide bonds. The van der Waals surface area contributed by atoms with Gasteiger partial charge in [0.2, 0.25) is 11.8 Å². The number of nitrogens with two attached hydrogens (primary N) is 2. The molecule has 6 heteroatoms.